The van der Waals surface area contributed by atoms with Gasteiger partial charge in [-0.2, -0.15) is 0 Å². The summed E-state index contributed by atoms with van der Waals surface area (Å²) >= 11 is -2.05. The summed E-state index contributed by atoms with van der Waals surface area (Å²) in [5.41, 5.74) is 5.25. The van der Waals surface area contributed by atoms with Gasteiger partial charge in [-0.15, -0.1) is 0 Å². The van der Waals surface area contributed by atoms with Crippen molar-refractivity contribution in [2.75, 3.05) is 13.1 Å². The van der Waals surface area contributed by atoms with Gasteiger partial charge in [-0.25, -0.2) is 8.51 Å². The van der Waals surface area contributed by atoms with Crippen LogP contribution in [0.5, 0.6) is 0 Å². The van der Waals surface area contributed by atoms with E-state index in [1.165, 1.54) is 4.31 Å². The molecular formula is C7H16N2O4S. The molecule has 4 N–H and O–H groups in total. The standard InChI is InChI=1S/C7H16N2O4S/c1-2-4-9(14(12)13)5-3-6(8)7(10)11/h6H,2-5,8H2,1H3,(H,10,11)(H,12,13)/t6-/m0/s1. The summed E-state index contributed by atoms with van der Waals surface area (Å²) in [5.74, 6) is -1.09. The van der Waals surface area contributed by atoms with E-state index in [0.717, 1.165) is 6.42 Å². The maximum absolute atomic E-state index is 10.7. The molecule has 0 rings (SSSR count). The molecule has 0 aromatic heterocycles. The second-order valence-corrected chi connectivity index (χ2v) is 3.87. The van der Waals surface area contributed by atoms with E-state index in [9.17, 15) is 9.00 Å². The van der Waals surface area contributed by atoms with Crippen molar-refractivity contribution >= 4 is 17.2 Å². The van der Waals surface area contributed by atoms with E-state index in [-0.39, 0.29) is 13.0 Å². The Morgan fingerprint density at radius 3 is 2.50 bits per heavy atom. The molecule has 84 valence electrons. The van der Waals surface area contributed by atoms with Crippen LogP contribution in [0.25, 0.3) is 0 Å². The summed E-state index contributed by atoms with van der Waals surface area (Å²) in [6, 6.07) is -0.974. The molecule has 0 aromatic rings. The Bertz CT molecular complexity index is 212. The Labute approximate surface area is 85.5 Å². The van der Waals surface area contributed by atoms with Gasteiger partial charge in [-0.3, -0.25) is 9.35 Å². The summed E-state index contributed by atoms with van der Waals surface area (Å²) in [7, 11) is 0. The molecule has 0 saturated carbocycles. The minimum Gasteiger partial charge on any atom is -0.480 e. The molecule has 0 aliphatic heterocycles. The lowest BCUT2D eigenvalue weighted by Gasteiger charge is -2.17. The van der Waals surface area contributed by atoms with Gasteiger partial charge in [0.05, 0.1) is 0 Å². The Kier molecular flexibility index (Phi) is 6.64. The Morgan fingerprint density at radius 2 is 2.14 bits per heavy atom. The molecule has 2 atom stereocenters. The summed E-state index contributed by atoms with van der Waals surface area (Å²) < 4.78 is 20.8. The van der Waals surface area contributed by atoms with E-state index >= 15 is 0 Å². The largest absolute Gasteiger partial charge is 0.480 e. The number of nitrogens with two attached hydrogens (primary N) is 1. The average molecular weight is 224 g/mol. The first-order valence-electron chi connectivity index (χ1n) is 4.33. The van der Waals surface area contributed by atoms with Crippen molar-refractivity contribution in [3.8, 4) is 0 Å². The predicted molar refractivity (Wildman–Crippen MR) is 52.9 cm³/mol. The first kappa shape index (κ1) is 13.5. The summed E-state index contributed by atoms with van der Waals surface area (Å²) in [6.07, 6.45) is 0.899. The number of carbonyl (C=O) groups is 1. The van der Waals surface area contributed by atoms with Crippen molar-refractivity contribution in [1.82, 2.24) is 4.31 Å². The molecule has 0 fully saturated rings. The van der Waals surface area contributed by atoms with E-state index in [1.54, 1.807) is 0 Å². The smallest absolute Gasteiger partial charge is 0.320 e. The molecule has 0 radical (unpaired) electrons. The first-order chi connectivity index (χ1) is 6.49. The Hall–Kier alpha value is -0.500. The summed E-state index contributed by atoms with van der Waals surface area (Å²) in [4.78, 5) is 10.4. The zero-order valence-electron chi connectivity index (χ0n) is 8.05. The second kappa shape index (κ2) is 6.88. The van der Waals surface area contributed by atoms with Crippen LogP contribution in [-0.2, 0) is 16.1 Å². The van der Waals surface area contributed by atoms with Gasteiger partial charge in [0.1, 0.15) is 6.04 Å². The van der Waals surface area contributed by atoms with Gasteiger partial charge >= 0.3 is 5.97 Å². The van der Waals surface area contributed by atoms with Crippen LogP contribution in [0.2, 0.25) is 0 Å². The number of carboxylic acids is 1. The summed E-state index contributed by atoms with van der Waals surface area (Å²) in [6.45, 7) is 2.54. The number of rotatable bonds is 7. The molecule has 7 heteroatoms. The average Bonchev–Trinajstić information content (AvgIpc) is 2.10. The van der Waals surface area contributed by atoms with Gasteiger partial charge in [0, 0.05) is 13.1 Å². The molecule has 0 aliphatic rings. The van der Waals surface area contributed by atoms with Crippen molar-refractivity contribution in [2.24, 2.45) is 5.73 Å². The van der Waals surface area contributed by atoms with Crippen LogP contribution >= 0.6 is 0 Å². The zero-order chi connectivity index (χ0) is 11.1. The normalized spacial score (nSPS) is 15.4. The van der Waals surface area contributed by atoms with Crippen LogP contribution in [0.3, 0.4) is 0 Å². The van der Waals surface area contributed by atoms with Crippen LogP contribution in [-0.4, -0.2) is 43.3 Å². The number of hydrogen-bond acceptors (Lipinski definition) is 3. The lowest BCUT2D eigenvalue weighted by atomic mass is 10.2. The zero-order valence-corrected chi connectivity index (χ0v) is 8.87. The fraction of sp³-hybridized carbons (Fsp3) is 0.857. The molecule has 1 unspecified atom stereocenters. The molecule has 0 bridgehead atoms. The number of hydrogen-bond donors (Lipinski definition) is 3. The van der Waals surface area contributed by atoms with Crippen LogP contribution in [0.4, 0.5) is 0 Å². The molecule has 14 heavy (non-hydrogen) atoms. The van der Waals surface area contributed by atoms with Crippen molar-refractivity contribution in [3.63, 3.8) is 0 Å². The molecule has 0 saturated heterocycles. The molecule has 0 spiro atoms. The van der Waals surface area contributed by atoms with Crippen molar-refractivity contribution in [3.05, 3.63) is 0 Å². The minimum absolute atomic E-state index is 0.168. The minimum atomic E-state index is -2.05. The highest BCUT2D eigenvalue weighted by atomic mass is 32.2. The van der Waals surface area contributed by atoms with Crippen molar-refractivity contribution in [1.29, 1.82) is 0 Å². The molecule has 0 heterocycles. The van der Waals surface area contributed by atoms with Crippen LogP contribution in [0, 0.1) is 0 Å². The highest BCUT2D eigenvalue weighted by molar-refractivity contribution is 7.76. The van der Waals surface area contributed by atoms with E-state index in [4.69, 9.17) is 15.4 Å². The van der Waals surface area contributed by atoms with E-state index in [1.807, 2.05) is 6.92 Å². The van der Waals surface area contributed by atoms with Crippen LogP contribution < -0.4 is 5.73 Å². The third-order valence-corrected chi connectivity index (χ3v) is 2.51. The van der Waals surface area contributed by atoms with Gasteiger partial charge in [0.15, 0.2) is 0 Å². The lowest BCUT2D eigenvalue weighted by molar-refractivity contribution is -0.138. The maximum atomic E-state index is 10.7. The number of aliphatic carboxylic acids is 1. The van der Waals surface area contributed by atoms with E-state index in [0.29, 0.717) is 6.54 Å². The topological polar surface area (TPSA) is 104 Å². The van der Waals surface area contributed by atoms with Crippen LogP contribution in [0.1, 0.15) is 19.8 Å². The van der Waals surface area contributed by atoms with Crippen molar-refractivity contribution < 1.29 is 18.7 Å². The molecule has 0 aromatic carbocycles. The lowest BCUT2D eigenvalue weighted by Crippen LogP contribution is -2.36. The van der Waals surface area contributed by atoms with E-state index in [2.05, 4.69) is 0 Å². The van der Waals surface area contributed by atoms with Gasteiger partial charge in [-0.1, -0.05) is 6.92 Å². The highest BCUT2D eigenvalue weighted by Crippen LogP contribution is 1.99. The number of nitrogens with zero attached hydrogens (tertiary/aromatic N) is 1. The predicted octanol–water partition coefficient (Wildman–Crippen LogP) is -0.363. The highest BCUT2D eigenvalue weighted by Gasteiger charge is 2.15. The second-order valence-electron chi connectivity index (χ2n) is 2.89. The SMILES string of the molecule is CCCN(CC[C@H](N)C(=O)O)S(=O)O. The fourth-order valence-electron chi connectivity index (χ4n) is 0.924. The fourth-order valence-corrected chi connectivity index (χ4v) is 1.52. The van der Waals surface area contributed by atoms with Gasteiger partial charge in [0.25, 0.3) is 0 Å². The summed E-state index contributed by atoms with van der Waals surface area (Å²) in [5, 5.41) is 8.48. The quantitative estimate of drug-likeness (QED) is 0.512. The van der Waals surface area contributed by atoms with Crippen LogP contribution in [0.15, 0.2) is 0 Å². The third kappa shape index (κ3) is 5.28. The number of carboxylic acid groups (broad SMARTS) is 1. The molecule has 6 nitrogen and oxygen atoms in total. The third-order valence-electron chi connectivity index (χ3n) is 1.70. The van der Waals surface area contributed by atoms with Gasteiger partial charge in [0.2, 0.25) is 11.3 Å². The van der Waals surface area contributed by atoms with Gasteiger partial charge < -0.3 is 10.8 Å². The molecule has 0 aliphatic carbocycles. The van der Waals surface area contributed by atoms with Gasteiger partial charge in [-0.05, 0) is 12.8 Å². The Morgan fingerprint density at radius 1 is 1.57 bits per heavy atom. The molecular weight excluding hydrogens is 208 g/mol. The monoisotopic (exact) mass is 224 g/mol. The maximum Gasteiger partial charge on any atom is 0.320 e. The molecule has 0 amide bonds. The van der Waals surface area contributed by atoms with Crippen molar-refractivity contribution in [2.45, 2.75) is 25.8 Å². The van der Waals surface area contributed by atoms with E-state index < -0.39 is 23.3 Å². The first-order valence-corrected chi connectivity index (χ1v) is 5.39. The Balaban J connectivity index is 3.93.